The first-order valence-corrected chi connectivity index (χ1v) is 9.78. The third-order valence-corrected chi connectivity index (χ3v) is 5.60. The van der Waals surface area contributed by atoms with Gasteiger partial charge in [0.25, 0.3) is 0 Å². The molecule has 1 saturated carbocycles. The van der Waals surface area contributed by atoms with Gasteiger partial charge in [0.15, 0.2) is 0 Å². The number of hydrogen-bond donors (Lipinski definition) is 1. The van der Waals surface area contributed by atoms with Crippen molar-refractivity contribution in [2.75, 3.05) is 31.6 Å². The molecular weight excluding hydrogens is 298 g/mol. The molecule has 1 aliphatic carbocycles. The zero-order valence-corrected chi connectivity index (χ0v) is 15.2. The van der Waals surface area contributed by atoms with Gasteiger partial charge in [-0.3, -0.25) is 0 Å². The van der Waals surface area contributed by atoms with E-state index < -0.39 is 0 Å². The average Bonchev–Trinajstić information content (AvgIpc) is 2.92. The van der Waals surface area contributed by atoms with Crippen molar-refractivity contribution in [2.45, 2.75) is 69.9 Å². The van der Waals surface area contributed by atoms with E-state index in [0.717, 1.165) is 31.3 Å². The van der Waals surface area contributed by atoms with Crippen molar-refractivity contribution in [3.63, 3.8) is 0 Å². The lowest BCUT2D eigenvalue weighted by Gasteiger charge is -2.32. The van der Waals surface area contributed by atoms with E-state index in [1.54, 1.807) is 0 Å². The lowest BCUT2D eigenvalue weighted by Crippen LogP contribution is -2.39. The molecule has 0 aromatic carbocycles. The molecule has 134 valence electrons. The number of hydrogen-bond acceptors (Lipinski definition) is 5. The van der Waals surface area contributed by atoms with E-state index in [-0.39, 0.29) is 6.04 Å². The smallest absolute Gasteiger partial charge is 0.148 e. The van der Waals surface area contributed by atoms with Crippen LogP contribution in [0.3, 0.4) is 0 Å². The maximum Gasteiger partial charge on any atom is 0.148 e. The van der Waals surface area contributed by atoms with Crippen molar-refractivity contribution in [3.8, 4) is 0 Å². The second-order valence-corrected chi connectivity index (χ2v) is 7.51. The van der Waals surface area contributed by atoms with Gasteiger partial charge in [-0.2, -0.15) is 0 Å². The Labute approximate surface area is 146 Å². The monoisotopic (exact) mass is 331 g/mol. The van der Waals surface area contributed by atoms with E-state index in [0.29, 0.717) is 6.04 Å². The zero-order chi connectivity index (χ0) is 16.8. The minimum atomic E-state index is -0.108. The van der Waals surface area contributed by atoms with Crippen molar-refractivity contribution in [1.29, 1.82) is 0 Å². The van der Waals surface area contributed by atoms with Gasteiger partial charge in [-0.15, -0.1) is 0 Å². The molecule has 1 aliphatic heterocycles. The minimum absolute atomic E-state index is 0.108. The molecule has 0 spiro atoms. The van der Waals surface area contributed by atoms with Gasteiger partial charge >= 0.3 is 0 Å². The fraction of sp³-hybridized carbons (Fsp3) is 0.789. The molecule has 2 N–H and O–H groups in total. The topological polar surface area (TPSA) is 58.3 Å². The number of aromatic nitrogens is 2. The van der Waals surface area contributed by atoms with Crippen molar-refractivity contribution < 1.29 is 0 Å². The van der Waals surface area contributed by atoms with Gasteiger partial charge in [-0.25, -0.2) is 9.97 Å². The Bertz CT molecular complexity index is 492. The first-order chi connectivity index (χ1) is 11.7. The second kappa shape index (κ2) is 8.77. The Balaban J connectivity index is 1.61. The quantitative estimate of drug-likeness (QED) is 0.898. The maximum atomic E-state index is 6.45. The molecule has 5 nitrogen and oxygen atoms in total. The SMILES string of the molecule is CN(CC(N)c1nccc(N2CCCCCC2)n1)C1CCCCC1. The molecule has 1 saturated heterocycles. The Morgan fingerprint density at radius 1 is 1.12 bits per heavy atom. The summed E-state index contributed by atoms with van der Waals surface area (Å²) in [6.07, 6.45) is 13.8. The molecule has 2 heterocycles. The molecule has 24 heavy (non-hydrogen) atoms. The van der Waals surface area contributed by atoms with Crippen LogP contribution in [0.2, 0.25) is 0 Å². The largest absolute Gasteiger partial charge is 0.357 e. The molecule has 1 aromatic rings. The van der Waals surface area contributed by atoms with Crippen LogP contribution in [0.5, 0.6) is 0 Å². The van der Waals surface area contributed by atoms with Crippen LogP contribution >= 0.6 is 0 Å². The Kier molecular flexibility index (Phi) is 6.44. The van der Waals surface area contributed by atoms with Crippen molar-refractivity contribution in [1.82, 2.24) is 14.9 Å². The summed E-state index contributed by atoms with van der Waals surface area (Å²) in [5.74, 6) is 1.84. The molecule has 0 radical (unpaired) electrons. The van der Waals surface area contributed by atoms with Gasteiger partial charge in [0.2, 0.25) is 0 Å². The number of likely N-dealkylation sites (N-methyl/N-ethyl adjacent to an activating group) is 1. The molecule has 1 atom stereocenters. The van der Waals surface area contributed by atoms with Gasteiger partial charge in [0, 0.05) is 31.9 Å². The van der Waals surface area contributed by atoms with Crippen LogP contribution in [-0.2, 0) is 0 Å². The fourth-order valence-electron chi connectivity index (χ4n) is 4.08. The van der Waals surface area contributed by atoms with Crippen molar-refractivity contribution in [2.24, 2.45) is 5.73 Å². The highest BCUT2D eigenvalue weighted by atomic mass is 15.2. The van der Waals surface area contributed by atoms with Gasteiger partial charge in [-0.1, -0.05) is 32.1 Å². The molecule has 1 unspecified atom stereocenters. The van der Waals surface area contributed by atoms with Crippen LogP contribution in [0.4, 0.5) is 5.82 Å². The summed E-state index contributed by atoms with van der Waals surface area (Å²) in [5.41, 5.74) is 6.45. The van der Waals surface area contributed by atoms with Crippen LogP contribution in [0.1, 0.15) is 69.7 Å². The molecule has 1 aromatic heterocycles. The summed E-state index contributed by atoms with van der Waals surface area (Å²) in [7, 11) is 2.20. The van der Waals surface area contributed by atoms with Crippen LogP contribution in [-0.4, -0.2) is 47.6 Å². The summed E-state index contributed by atoms with van der Waals surface area (Å²) >= 11 is 0. The molecule has 0 amide bonds. The third-order valence-electron chi connectivity index (χ3n) is 5.60. The highest BCUT2D eigenvalue weighted by Gasteiger charge is 2.22. The van der Waals surface area contributed by atoms with Crippen LogP contribution in [0.15, 0.2) is 12.3 Å². The van der Waals surface area contributed by atoms with Crippen LogP contribution < -0.4 is 10.6 Å². The summed E-state index contributed by atoms with van der Waals surface area (Å²) < 4.78 is 0. The number of rotatable bonds is 5. The third kappa shape index (κ3) is 4.67. The first kappa shape index (κ1) is 17.6. The van der Waals surface area contributed by atoms with E-state index in [9.17, 15) is 0 Å². The predicted octanol–water partition coefficient (Wildman–Crippen LogP) is 3.12. The summed E-state index contributed by atoms with van der Waals surface area (Å²) in [5, 5.41) is 0. The van der Waals surface area contributed by atoms with Gasteiger partial charge in [0.05, 0.1) is 6.04 Å². The van der Waals surface area contributed by atoms with E-state index in [1.165, 1.54) is 57.8 Å². The van der Waals surface area contributed by atoms with Crippen molar-refractivity contribution in [3.05, 3.63) is 18.1 Å². The minimum Gasteiger partial charge on any atom is -0.357 e. The van der Waals surface area contributed by atoms with Crippen LogP contribution in [0, 0.1) is 0 Å². The highest BCUT2D eigenvalue weighted by molar-refractivity contribution is 5.37. The summed E-state index contributed by atoms with van der Waals surface area (Å²) in [6.45, 7) is 3.05. The number of nitrogens with zero attached hydrogens (tertiary/aromatic N) is 4. The zero-order valence-electron chi connectivity index (χ0n) is 15.2. The summed E-state index contributed by atoms with van der Waals surface area (Å²) in [4.78, 5) is 14.1. The standard InChI is InChI=1S/C19H33N5/c1-23(16-9-5-4-6-10-16)15-17(20)19-21-12-11-18(22-19)24-13-7-2-3-8-14-24/h11-12,16-17H,2-10,13-15,20H2,1H3. The Morgan fingerprint density at radius 3 is 2.50 bits per heavy atom. The van der Waals surface area contributed by atoms with E-state index in [1.807, 2.05) is 12.3 Å². The van der Waals surface area contributed by atoms with Gasteiger partial charge < -0.3 is 15.5 Å². The highest BCUT2D eigenvalue weighted by Crippen LogP contribution is 2.23. The number of nitrogens with two attached hydrogens (primary N) is 1. The van der Waals surface area contributed by atoms with Crippen LogP contribution in [0.25, 0.3) is 0 Å². The average molecular weight is 332 g/mol. The van der Waals surface area contributed by atoms with Crippen molar-refractivity contribution >= 4 is 5.82 Å². The summed E-state index contributed by atoms with van der Waals surface area (Å²) in [6, 6.07) is 2.61. The second-order valence-electron chi connectivity index (χ2n) is 7.51. The first-order valence-electron chi connectivity index (χ1n) is 9.78. The Morgan fingerprint density at radius 2 is 1.79 bits per heavy atom. The lowest BCUT2D eigenvalue weighted by atomic mass is 9.94. The van der Waals surface area contributed by atoms with Gasteiger partial charge in [-0.05, 0) is 38.8 Å². The van der Waals surface area contributed by atoms with E-state index >= 15 is 0 Å². The number of anilines is 1. The van der Waals surface area contributed by atoms with E-state index in [4.69, 9.17) is 10.7 Å². The molecule has 3 rings (SSSR count). The van der Waals surface area contributed by atoms with Gasteiger partial charge in [0.1, 0.15) is 11.6 Å². The molecule has 0 bridgehead atoms. The molecule has 5 heteroatoms. The fourth-order valence-corrected chi connectivity index (χ4v) is 4.08. The molecule has 2 aliphatic rings. The van der Waals surface area contributed by atoms with E-state index in [2.05, 4.69) is 21.8 Å². The lowest BCUT2D eigenvalue weighted by molar-refractivity contribution is 0.181. The Hall–Kier alpha value is -1.20. The molecule has 2 fully saturated rings. The molecular formula is C19H33N5. The predicted molar refractivity (Wildman–Crippen MR) is 99.1 cm³/mol. The maximum absolute atomic E-state index is 6.45. The normalized spacial score (nSPS) is 21.7.